The number of rotatable bonds is 6. The summed E-state index contributed by atoms with van der Waals surface area (Å²) in [6, 6.07) is 6.46. The molecule has 1 unspecified atom stereocenters. The molecule has 92 valence electrons. The van der Waals surface area contributed by atoms with E-state index in [0.29, 0.717) is 11.7 Å². The predicted octanol–water partition coefficient (Wildman–Crippen LogP) is 3.36. The van der Waals surface area contributed by atoms with Gasteiger partial charge >= 0.3 is 0 Å². The third-order valence-corrected chi connectivity index (χ3v) is 3.07. The number of hydrogen-bond donors (Lipinski definition) is 0. The van der Waals surface area contributed by atoms with Crippen LogP contribution in [0.5, 0.6) is 0 Å². The van der Waals surface area contributed by atoms with Gasteiger partial charge in [-0.2, -0.15) is 5.26 Å². The summed E-state index contributed by atoms with van der Waals surface area (Å²) in [5.74, 6) is 0. The zero-order chi connectivity index (χ0) is 12.7. The first-order valence-electron chi connectivity index (χ1n) is 6.35. The van der Waals surface area contributed by atoms with Crippen LogP contribution in [0, 0.1) is 11.3 Å². The van der Waals surface area contributed by atoms with Crippen molar-refractivity contribution >= 4 is 5.69 Å². The Labute approximate surface area is 104 Å². The summed E-state index contributed by atoms with van der Waals surface area (Å²) in [5.41, 5.74) is 1.60. The van der Waals surface area contributed by atoms with Gasteiger partial charge in [0.15, 0.2) is 0 Å². The van der Waals surface area contributed by atoms with E-state index >= 15 is 0 Å². The SMILES string of the molecule is CCCCN(c1ccnc(C#N)c1)C(C)CC. The van der Waals surface area contributed by atoms with E-state index in [2.05, 4.69) is 36.7 Å². The van der Waals surface area contributed by atoms with Crippen molar-refractivity contribution in [3.8, 4) is 6.07 Å². The van der Waals surface area contributed by atoms with Crippen LogP contribution < -0.4 is 4.90 Å². The minimum atomic E-state index is 0.493. The van der Waals surface area contributed by atoms with E-state index in [-0.39, 0.29) is 0 Å². The Morgan fingerprint density at radius 3 is 2.82 bits per heavy atom. The Hall–Kier alpha value is -1.56. The maximum Gasteiger partial charge on any atom is 0.142 e. The van der Waals surface area contributed by atoms with E-state index in [1.54, 1.807) is 6.20 Å². The maximum atomic E-state index is 8.88. The van der Waals surface area contributed by atoms with Crippen molar-refractivity contribution in [2.45, 2.75) is 46.1 Å². The van der Waals surface area contributed by atoms with E-state index in [0.717, 1.165) is 18.7 Å². The van der Waals surface area contributed by atoms with Crippen LogP contribution >= 0.6 is 0 Å². The molecule has 3 heteroatoms. The molecule has 1 aromatic heterocycles. The molecule has 0 fully saturated rings. The summed E-state index contributed by atoms with van der Waals surface area (Å²) in [7, 11) is 0. The Morgan fingerprint density at radius 2 is 2.24 bits per heavy atom. The Balaban J connectivity index is 2.91. The van der Waals surface area contributed by atoms with Gasteiger partial charge in [0.2, 0.25) is 0 Å². The van der Waals surface area contributed by atoms with Crippen LogP contribution in [-0.2, 0) is 0 Å². The Kier molecular flexibility index (Phi) is 5.48. The summed E-state index contributed by atoms with van der Waals surface area (Å²) >= 11 is 0. The summed E-state index contributed by atoms with van der Waals surface area (Å²) < 4.78 is 0. The average molecular weight is 231 g/mol. The molecule has 0 aliphatic carbocycles. The number of nitriles is 1. The highest BCUT2D eigenvalue weighted by Gasteiger charge is 2.12. The lowest BCUT2D eigenvalue weighted by Gasteiger charge is -2.30. The minimum Gasteiger partial charge on any atom is -0.369 e. The zero-order valence-corrected chi connectivity index (χ0v) is 11.0. The zero-order valence-electron chi connectivity index (χ0n) is 11.0. The quantitative estimate of drug-likeness (QED) is 0.753. The highest BCUT2D eigenvalue weighted by molar-refractivity contribution is 5.49. The molecule has 1 aromatic rings. The van der Waals surface area contributed by atoms with Crippen molar-refractivity contribution < 1.29 is 0 Å². The molecule has 0 N–H and O–H groups in total. The topological polar surface area (TPSA) is 39.9 Å². The number of unbranched alkanes of at least 4 members (excludes halogenated alkanes) is 1. The fraction of sp³-hybridized carbons (Fsp3) is 0.571. The molecule has 0 bridgehead atoms. The van der Waals surface area contributed by atoms with Crippen LogP contribution in [0.3, 0.4) is 0 Å². The first kappa shape index (κ1) is 13.5. The van der Waals surface area contributed by atoms with E-state index in [1.165, 1.54) is 12.8 Å². The second-order valence-corrected chi connectivity index (χ2v) is 4.32. The summed E-state index contributed by atoms with van der Waals surface area (Å²) in [6.07, 6.45) is 5.18. The van der Waals surface area contributed by atoms with Crippen molar-refractivity contribution in [3.05, 3.63) is 24.0 Å². The molecule has 0 aliphatic heterocycles. The molecule has 0 spiro atoms. The van der Waals surface area contributed by atoms with Crippen molar-refractivity contribution in [1.29, 1.82) is 5.26 Å². The van der Waals surface area contributed by atoms with E-state index in [1.807, 2.05) is 12.1 Å². The van der Waals surface area contributed by atoms with Crippen molar-refractivity contribution in [1.82, 2.24) is 4.98 Å². The molecule has 0 aliphatic rings. The molecule has 3 nitrogen and oxygen atoms in total. The Morgan fingerprint density at radius 1 is 1.47 bits per heavy atom. The van der Waals surface area contributed by atoms with Crippen LogP contribution in [0.4, 0.5) is 5.69 Å². The van der Waals surface area contributed by atoms with Gasteiger partial charge in [-0.15, -0.1) is 0 Å². The van der Waals surface area contributed by atoms with Crippen LogP contribution in [0.15, 0.2) is 18.3 Å². The van der Waals surface area contributed by atoms with Crippen molar-refractivity contribution in [3.63, 3.8) is 0 Å². The monoisotopic (exact) mass is 231 g/mol. The molecule has 0 amide bonds. The highest BCUT2D eigenvalue weighted by atomic mass is 15.2. The highest BCUT2D eigenvalue weighted by Crippen LogP contribution is 2.19. The summed E-state index contributed by atoms with van der Waals surface area (Å²) in [6.45, 7) is 7.65. The van der Waals surface area contributed by atoms with Gasteiger partial charge in [0.25, 0.3) is 0 Å². The van der Waals surface area contributed by atoms with Gasteiger partial charge in [-0.05, 0) is 31.9 Å². The van der Waals surface area contributed by atoms with Crippen LogP contribution in [0.1, 0.15) is 45.7 Å². The molecular formula is C14H21N3. The van der Waals surface area contributed by atoms with Gasteiger partial charge < -0.3 is 4.90 Å². The van der Waals surface area contributed by atoms with Crippen LogP contribution in [0.2, 0.25) is 0 Å². The van der Waals surface area contributed by atoms with Crippen molar-refractivity contribution in [2.24, 2.45) is 0 Å². The van der Waals surface area contributed by atoms with E-state index in [9.17, 15) is 0 Å². The molecule has 1 heterocycles. The van der Waals surface area contributed by atoms with Crippen molar-refractivity contribution in [2.75, 3.05) is 11.4 Å². The van der Waals surface area contributed by atoms with Gasteiger partial charge in [0.05, 0.1) is 0 Å². The number of aromatic nitrogens is 1. The van der Waals surface area contributed by atoms with Gasteiger partial charge in [-0.3, -0.25) is 0 Å². The second kappa shape index (κ2) is 6.90. The molecular weight excluding hydrogens is 210 g/mol. The largest absolute Gasteiger partial charge is 0.369 e. The molecule has 0 aromatic carbocycles. The number of pyridine rings is 1. The molecule has 0 saturated carbocycles. The number of hydrogen-bond acceptors (Lipinski definition) is 3. The maximum absolute atomic E-state index is 8.88. The third-order valence-electron chi connectivity index (χ3n) is 3.07. The second-order valence-electron chi connectivity index (χ2n) is 4.32. The normalized spacial score (nSPS) is 11.9. The van der Waals surface area contributed by atoms with E-state index < -0.39 is 0 Å². The van der Waals surface area contributed by atoms with Crippen LogP contribution in [-0.4, -0.2) is 17.6 Å². The predicted molar refractivity (Wildman–Crippen MR) is 71.0 cm³/mol. The van der Waals surface area contributed by atoms with E-state index in [4.69, 9.17) is 5.26 Å². The average Bonchev–Trinajstić information content (AvgIpc) is 2.39. The fourth-order valence-corrected chi connectivity index (χ4v) is 1.81. The minimum absolute atomic E-state index is 0.493. The van der Waals surface area contributed by atoms with Gasteiger partial charge in [-0.25, -0.2) is 4.98 Å². The smallest absolute Gasteiger partial charge is 0.142 e. The molecule has 17 heavy (non-hydrogen) atoms. The molecule has 0 radical (unpaired) electrons. The lowest BCUT2D eigenvalue weighted by Crippen LogP contribution is -2.33. The summed E-state index contributed by atoms with van der Waals surface area (Å²) in [4.78, 5) is 6.39. The fourth-order valence-electron chi connectivity index (χ4n) is 1.81. The standard InChI is InChI=1S/C14H21N3/c1-4-6-9-17(12(3)5-2)14-7-8-16-13(10-14)11-15/h7-8,10,12H,4-6,9H2,1-3H3. The van der Waals surface area contributed by atoms with Gasteiger partial charge in [0.1, 0.15) is 11.8 Å². The first-order valence-corrected chi connectivity index (χ1v) is 6.35. The van der Waals surface area contributed by atoms with Gasteiger partial charge in [0, 0.05) is 24.5 Å². The lowest BCUT2D eigenvalue weighted by atomic mass is 10.1. The third kappa shape index (κ3) is 3.74. The van der Waals surface area contributed by atoms with Crippen LogP contribution in [0.25, 0.3) is 0 Å². The first-order chi connectivity index (χ1) is 8.22. The number of anilines is 1. The lowest BCUT2D eigenvalue weighted by molar-refractivity contribution is 0.595. The van der Waals surface area contributed by atoms with Gasteiger partial charge in [-0.1, -0.05) is 20.3 Å². The Bertz CT molecular complexity index is 381. The molecule has 0 saturated heterocycles. The summed E-state index contributed by atoms with van der Waals surface area (Å²) in [5, 5.41) is 8.88. The number of nitrogens with zero attached hydrogens (tertiary/aromatic N) is 3. The molecule has 1 atom stereocenters. The molecule has 1 rings (SSSR count).